The lowest BCUT2D eigenvalue weighted by Gasteiger charge is -2.02. The Labute approximate surface area is 98.8 Å². The summed E-state index contributed by atoms with van der Waals surface area (Å²) in [6.07, 6.45) is 1.82. The van der Waals surface area contributed by atoms with Crippen molar-refractivity contribution >= 4 is 35.0 Å². The van der Waals surface area contributed by atoms with Gasteiger partial charge < -0.3 is 5.21 Å². The van der Waals surface area contributed by atoms with Gasteiger partial charge in [0.25, 0.3) is 0 Å². The highest BCUT2D eigenvalue weighted by molar-refractivity contribution is 6.42. The van der Waals surface area contributed by atoms with E-state index in [1.165, 1.54) is 0 Å². The molecule has 0 saturated heterocycles. The van der Waals surface area contributed by atoms with Crippen molar-refractivity contribution < 1.29 is 5.21 Å². The van der Waals surface area contributed by atoms with Gasteiger partial charge in [-0.1, -0.05) is 40.5 Å². The second-order valence-electron chi connectivity index (χ2n) is 3.16. The summed E-state index contributed by atoms with van der Waals surface area (Å²) in [6.45, 7) is 3.55. The first-order valence-corrected chi connectivity index (χ1v) is 5.13. The summed E-state index contributed by atoms with van der Waals surface area (Å²) in [4.78, 5) is 0. The standard InChI is InChI=1S/C11H11Cl2NO/c1-7(8(2)14-15)6-9-4-3-5-10(12)11(9)13/h3-6,15H,1-2H3/b7-6-,14-8+. The normalized spacial score (nSPS) is 13.1. The lowest BCUT2D eigenvalue weighted by molar-refractivity contribution is 0.319. The predicted octanol–water partition coefficient (Wildman–Crippen LogP) is 4.25. The van der Waals surface area contributed by atoms with Crippen molar-refractivity contribution in [3.8, 4) is 0 Å². The average Bonchev–Trinajstić information content (AvgIpc) is 2.23. The Bertz CT molecular complexity index is 425. The van der Waals surface area contributed by atoms with E-state index in [0.29, 0.717) is 15.8 Å². The molecular weight excluding hydrogens is 233 g/mol. The molecule has 80 valence electrons. The van der Waals surface area contributed by atoms with Crippen molar-refractivity contribution in [2.45, 2.75) is 13.8 Å². The maximum Gasteiger partial charge on any atom is 0.0794 e. The third kappa shape index (κ3) is 2.98. The van der Waals surface area contributed by atoms with E-state index in [2.05, 4.69) is 5.16 Å². The van der Waals surface area contributed by atoms with E-state index in [4.69, 9.17) is 28.4 Å². The summed E-state index contributed by atoms with van der Waals surface area (Å²) in [5, 5.41) is 12.7. The molecule has 1 aromatic carbocycles. The molecule has 0 aliphatic carbocycles. The zero-order valence-electron chi connectivity index (χ0n) is 8.46. The van der Waals surface area contributed by atoms with E-state index >= 15 is 0 Å². The highest BCUT2D eigenvalue weighted by atomic mass is 35.5. The monoisotopic (exact) mass is 243 g/mol. The maximum atomic E-state index is 8.60. The Morgan fingerprint density at radius 2 is 2.00 bits per heavy atom. The van der Waals surface area contributed by atoms with E-state index in [-0.39, 0.29) is 0 Å². The fourth-order valence-electron chi connectivity index (χ4n) is 1.05. The van der Waals surface area contributed by atoms with Crippen LogP contribution in [-0.2, 0) is 0 Å². The lowest BCUT2D eigenvalue weighted by atomic mass is 10.1. The first-order chi connectivity index (χ1) is 7.06. The summed E-state index contributed by atoms with van der Waals surface area (Å²) in [5.41, 5.74) is 2.19. The summed E-state index contributed by atoms with van der Waals surface area (Å²) >= 11 is 11.9. The summed E-state index contributed by atoms with van der Waals surface area (Å²) in [7, 11) is 0. The van der Waals surface area contributed by atoms with Gasteiger partial charge in [0.15, 0.2) is 0 Å². The summed E-state index contributed by atoms with van der Waals surface area (Å²) in [5.74, 6) is 0. The zero-order chi connectivity index (χ0) is 11.4. The molecule has 0 amide bonds. The van der Waals surface area contributed by atoms with Gasteiger partial charge in [-0.2, -0.15) is 0 Å². The van der Waals surface area contributed by atoms with Crippen molar-refractivity contribution in [3.05, 3.63) is 39.4 Å². The second-order valence-corrected chi connectivity index (χ2v) is 3.94. The Balaban J connectivity index is 3.14. The Morgan fingerprint density at radius 3 is 2.60 bits per heavy atom. The third-order valence-corrected chi connectivity index (χ3v) is 2.91. The number of halogens is 2. The van der Waals surface area contributed by atoms with E-state index in [9.17, 15) is 0 Å². The first-order valence-electron chi connectivity index (χ1n) is 4.37. The number of oxime groups is 1. The van der Waals surface area contributed by atoms with Crippen molar-refractivity contribution in [1.82, 2.24) is 0 Å². The minimum Gasteiger partial charge on any atom is -0.411 e. The van der Waals surface area contributed by atoms with Gasteiger partial charge in [-0.25, -0.2) is 0 Å². The largest absolute Gasteiger partial charge is 0.411 e. The molecule has 1 rings (SSSR count). The van der Waals surface area contributed by atoms with Crippen LogP contribution in [0.15, 0.2) is 28.9 Å². The Morgan fingerprint density at radius 1 is 1.33 bits per heavy atom. The van der Waals surface area contributed by atoms with Crippen molar-refractivity contribution in [3.63, 3.8) is 0 Å². The van der Waals surface area contributed by atoms with Gasteiger partial charge in [0.1, 0.15) is 0 Å². The summed E-state index contributed by atoms with van der Waals surface area (Å²) in [6, 6.07) is 5.39. The van der Waals surface area contributed by atoms with Gasteiger partial charge in [-0.05, 0) is 37.1 Å². The van der Waals surface area contributed by atoms with Crippen LogP contribution in [0.3, 0.4) is 0 Å². The topological polar surface area (TPSA) is 32.6 Å². The van der Waals surface area contributed by atoms with Crippen molar-refractivity contribution in [2.75, 3.05) is 0 Å². The van der Waals surface area contributed by atoms with Crippen LogP contribution in [0.5, 0.6) is 0 Å². The molecule has 1 N–H and O–H groups in total. The first kappa shape index (κ1) is 12.1. The molecule has 0 aliphatic heterocycles. The smallest absolute Gasteiger partial charge is 0.0794 e. The minimum atomic E-state index is 0.504. The molecular formula is C11H11Cl2NO. The second kappa shape index (κ2) is 5.19. The lowest BCUT2D eigenvalue weighted by Crippen LogP contribution is -1.92. The maximum absolute atomic E-state index is 8.60. The Hall–Kier alpha value is -0.990. The van der Waals surface area contributed by atoms with Crippen LogP contribution in [0.2, 0.25) is 10.0 Å². The van der Waals surface area contributed by atoms with Crippen LogP contribution in [0.1, 0.15) is 19.4 Å². The molecule has 0 spiro atoms. The van der Waals surface area contributed by atoms with Crippen molar-refractivity contribution in [1.29, 1.82) is 0 Å². The summed E-state index contributed by atoms with van der Waals surface area (Å²) < 4.78 is 0. The highest BCUT2D eigenvalue weighted by Crippen LogP contribution is 2.27. The molecule has 0 radical (unpaired) electrons. The van der Waals surface area contributed by atoms with Crippen LogP contribution in [0, 0.1) is 0 Å². The number of allylic oxidation sites excluding steroid dienone is 1. The van der Waals surface area contributed by atoms with Gasteiger partial charge in [-0.3, -0.25) is 0 Å². The molecule has 0 heterocycles. The highest BCUT2D eigenvalue weighted by Gasteiger charge is 2.03. The molecule has 1 aromatic rings. The van der Waals surface area contributed by atoms with E-state index in [0.717, 1.165) is 11.1 Å². The molecule has 0 atom stereocenters. The number of rotatable bonds is 2. The molecule has 0 bridgehead atoms. The predicted molar refractivity (Wildman–Crippen MR) is 65.0 cm³/mol. The van der Waals surface area contributed by atoms with Gasteiger partial charge in [0, 0.05) is 0 Å². The SMILES string of the molecule is CC(=C/c1cccc(Cl)c1Cl)/C(C)=N/O. The molecule has 0 saturated carbocycles. The van der Waals surface area contributed by atoms with Crippen LogP contribution in [-0.4, -0.2) is 10.9 Å². The van der Waals surface area contributed by atoms with E-state index in [1.807, 2.05) is 25.1 Å². The number of benzene rings is 1. The third-order valence-electron chi connectivity index (χ3n) is 2.07. The molecule has 0 aromatic heterocycles. The quantitative estimate of drug-likeness (QED) is 0.471. The van der Waals surface area contributed by atoms with Crippen molar-refractivity contribution in [2.24, 2.45) is 5.16 Å². The molecule has 0 aliphatic rings. The van der Waals surface area contributed by atoms with Gasteiger partial charge in [-0.15, -0.1) is 0 Å². The zero-order valence-corrected chi connectivity index (χ0v) is 9.97. The van der Waals surface area contributed by atoms with Crippen LogP contribution >= 0.6 is 23.2 Å². The van der Waals surface area contributed by atoms with Crippen LogP contribution in [0.25, 0.3) is 6.08 Å². The van der Waals surface area contributed by atoms with E-state index < -0.39 is 0 Å². The Kier molecular flexibility index (Phi) is 4.18. The molecule has 2 nitrogen and oxygen atoms in total. The number of hydrogen-bond donors (Lipinski definition) is 1. The fourth-order valence-corrected chi connectivity index (χ4v) is 1.41. The molecule has 15 heavy (non-hydrogen) atoms. The van der Waals surface area contributed by atoms with Gasteiger partial charge in [0.2, 0.25) is 0 Å². The average molecular weight is 244 g/mol. The fraction of sp³-hybridized carbons (Fsp3) is 0.182. The molecule has 0 fully saturated rings. The van der Waals surface area contributed by atoms with E-state index in [1.54, 1.807) is 13.0 Å². The van der Waals surface area contributed by atoms with Gasteiger partial charge in [0.05, 0.1) is 15.8 Å². The number of hydrogen-bond acceptors (Lipinski definition) is 2. The van der Waals surface area contributed by atoms with Crippen LogP contribution < -0.4 is 0 Å². The minimum absolute atomic E-state index is 0.504. The molecule has 4 heteroatoms. The number of nitrogens with zero attached hydrogens (tertiary/aromatic N) is 1. The van der Waals surface area contributed by atoms with Crippen LogP contribution in [0.4, 0.5) is 0 Å². The van der Waals surface area contributed by atoms with Gasteiger partial charge >= 0.3 is 0 Å². The molecule has 0 unspecified atom stereocenters.